The highest BCUT2D eigenvalue weighted by Crippen LogP contribution is 2.50. The standard InChI is InChI=1S/C24H19F2NO4/c1-30-19-13-12-16(14-20(19)31-2)23(18-11-7-6-10-17(18)22(29)27-23)24(25,26)21(28)15-8-4-3-5-9-15/h3-14H,1-2H3,(H,27,29). The van der Waals surface area contributed by atoms with Gasteiger partial charge in [0, 0.05) is 16.7 Å². The number of alkyl halides is 2. The average molecular weight is 423 g/mol. The average Bonchev–Trinajstić information content (AvgIpc) is 3.12. The second-order valence-corrected chi connectivity index (χ2v) is 7.09. The van der Waals surface area contributed by atoms with E-state index >= 15 is 8.78 Å². The summed E-state index contributed by atoms with van der Waals surface area (Å²) in [6, 6.07) is 17.5. The molecule has 0 saturated carbocycles. The number of Topliss-reactive ketones (excluding diaryl/α,β-unsaturated/α-hetero) is 1. The third-order valence-electron chi connectivity index (χ3n) is 5.49. The first-order valence-electron chi connectivity index (χ1n) is 9.49. The Morgan fingerprint density at radius 3 is 2.23 bits per heavy atom. The second kappa shape index (κ2) is 7.50. The van der Waals surface area contributed by atoms with Gasteiger partial charge in [0.05, 0.1) is 14.2 Å². The van der Waals surface area contributed by atoms with Gasteiger partial charge < -0.3 is 14.8 Å². The van der Waals surface area contributed by atoms with Crippen LogP contribution < -0.4 is 14.8 Å². The van der Waals surface area contributed by atoms with Crippen LogP contribution >= 0.6 is 0 Å². The van der Waals surface area contributed by atoms with E-state index in [9.17, 15) is 9.59 Å². The number of fused-ring (bicyclic) bond motifs is 1. The lowest BCUT2D eigenvalue weighted by Crippen LogP contribution is -2.58. The molecular weight excluding hydrogens is 404 g/mol. The molecular formula is C24H19F2NO4. The van der Waals surface area contributed by atoms with Crippen LogP contribution in [0.3, 0.4) is 0 Å². The number of ketones is 1. The molecule has 0 radical (unpaired) electrons. The van der Waals surface area contributed by atoms with Gasteiger partial charge in [-0.3, -0.25) is 9.59 Å². The van der Waals surface area contributed by atoms with Gasteiger partial charge in [-0.1, -0.05) is 54.6 Å². The summed E-state index contributed by atoms with van der Waals surface area (Å²) in [6.45, 7) is 0. The number of hydrogen-bond acceptors (Lipinski definition) is 4. The van der Waals surface area contributed by atoms with Gasteiger partial charge in [-0.2, -0.15) is 8.78 Å². The van der Waals surface area contributed by atoms with Crippen LogP contribution in [0.25, 0.3) is 0 Å². The van der Waals surface area contributed by atoms with Crippen molar-refractivity contribution in [2.24, 2.45) is 0 Å². The van der Waals surface area contributed by atoms with Crippen molar-refractivity contribution in [2.45, 2.75) is 11.5 Å². The Hall–Kier alpha value is -3.74. The number of rotatable bonds is 6. The van der Waals surface area contributed by atoms with Crippen molar-refractivity contribution >= 4 is 11.7 Å². The maximum Gasteiger partial charge on any atom is 0.340 e. The zero-order chi connectivity index (χ0) is 22.2. The molecule has 0 saturated heterocycles. The zero-order valence-electron chi connectivity index (χ0n) is 16.8. The lowest BCUT2D eigenvalue weighted by molar-refractivity contribution is -0.0412. The van der Waals surface area contributed by atoms with Crippen LogP contribution in [0.2, 0.25) is 0 Å². The zero-order valence-corrected chi connectivity index (χ0v) is 16.8. The number of benzene rings is 3. The van der Waals surface area contributed by atoms with Crippen LogP contribution in [-0.2, 0) is 5.54 Å². The summed E-state index contributed by atoms with van der Waals surface area (Å²) in [6.07, 6.45) is 0. The molecule has 3 aromatic rings. The van der Waals surface area contributed by atoms with E-state index in [1.165, 1.54) is 68.8 Å². The fourth-order valence-electron chi connectivity index (χ4n) is 3.98. The first-order chi connectivity index (χ1) is 14.9. The predicted octanol–water partition coefficient (Wildman–Crippen LogP) is 4.21. The quantitative estimate of drug-likeness (QED) is 0.604. The van der Waals surface area contributed by atoms with Crippen molar-refractivity contribution in [2.75, 3.05) is 14.2 Å². The van der Waals surface area contributed by atoms with Crippen LogP contribution in [0.4, 0.5) is 8.78 Å². The first-order valence-corrected chi connectivity index (χ1v) is 9.49. The summed E-state index contributed by atoms with van der Waals surface area (Å²) in [5, 5.41) is 2.42. The highest BCUT2D eigenvalue weighted by atomic mass is 19.3. The molecule has 7 heteroatoms. The Bertz CT molecular complexity index is 1160. The van der Waals surface area contributed by atoms with Gasteiger partial charge in [0.15, 0.2) is 17.0 Å². The summed E-state index contributed by atoms with van der Waals surface area (Å²) >= 11 is 0. The van der Waals surface area contributed by atoms with Gasteiger partial charge >= 0.3 is 5.92 Å². The molecule has 1 heterocycles. The lowest BCUT2D eigenvalue weighted by Gasteiger charge is -2.37. The molecule has 0 spiro atoms. The van der Waals surface area contributed by atoms with E-state index in [2.05, 4.69) is 5.32 Å². The third kappa shape index (κ3) is 2.96. The molecule has 1 atom stereocenters. The molecule has 0 aliphatic carbocycles. The number of carbonyl (C=O) groups excluding carboxylic acids is 2. The molecule has 1 amide bonds. The van der Waals surface area contributed by atoms with Gasteiger partial charge in [-0.15, -0.1) is 0 Å². The minimum atomic E-state index is -4.02. The molecule has 5 nitrogen and oxygen atoms in total. The van der Waals surface area contributed by atoms with E-state index in [-0.39, 0.29) is 28.0 Å². The summed E-state index contributed by atoms with van der Waals surface area (Å²) in [5.41, 5.74) is -2.49. The molecule has 158 valence electrons. The predicted molar refractivity (Wildman–Crippen MR) is 110 cm³/mol. The minimum Gasteiger partial charge on any atom is -0.493 e. The van der Waals surface area contributed by atoms with Crippen molar-refractivity contribution < 1.29 is 27.8 Å². The van der Waals surface area contributed by atoms with Gasteiger partial charge in [0.2, 0.25) is 5.78 Å². The van der Waals surface area contributed by atoms with Crippen molar-refractivity contribution in [1.82, 2.24) is 5.32 Å². The largest absolute Gasteiger partial charge is 0.493 e. The number of halogens is 2. The van der Waals surface area contributed by atoms with Crippen molar-refractivity contribution in [1.29, 1.82) is 0 Å². The molecule has 1 N–H and O–H groups in total. The molecule has 0 fully saturated rings. The molecule has 1 aliphatic rings. The SMILES string of the molecule is COc1ccc(C2(C(F)(F)C(=O)c3ccccc3)NC(=O)c3ccccc32)cc1OC. The summed E-state index contributed by atoms with van der Waals surface area (Å²) in [4.78, 5) is 25.8. The van der Waals surface area contributed by atoms with Crippen LogP contribution in [0, 0.1) is 0 Å². The third-order valence-corrected chi connectivity index (χ3v) is 5.49. The van der Waals surface area contributed by atoms with Crippen LogP contribution in [-0.4, -0.2) is 31.8 Å². The molecule has 0 aromatic heterocycles. The van der Waals surface area contributed by atoms with E-state index in [0.29, 0.717) is 5.75 Å². The number of nitrogens with one attached hydrogen (secondary N) is 1. The van der Waals surface area contributed by atoms with E-state index in [1.54, 1.807) is 18.2 Å². The molecule has 1 unspecified atom stereocenters. The Balaban J connectivity index is 2.01. The maximum absolute atomic E-state index is 16.2. The van der Waals surface area contributed by atoms with Crippen LogP contribution in [0.1, 0.15) is 31.8 Å². The van der Waals surface area contributed by atoms with Gasteiger partial charge in [-0.25, -0.2) is 0 Å². The van der Waals surface area contributed by atoms with Crippen molar-refractivity contribution in [3.8, 4) is 11.5 Å². The monoisotopic (exact) mass is 423 g/mol. The van der Waals surface area contributed by atoms with Crippen molar-refractivity contribution in [3.05, 3.63) is 95.1 Å². The van der Waals surface area contributed by atoms with Gasteiger partial charge in [-0.05, 0) is 23.8 Å². The number of ether oxygens (including phenoxy) is 2. The van der Waals surface area contributed by atoms with Crippen molar-refractivity contribution in [3.63, 3.8) is 0 Å². The second-order valence-electron chi connectivity index (χ2n) is 7.09. The van der Waals surface area contributed by atoms with Crippen LogP contribution in [0.5, 0.6) is 11.5 Å². The number of carbonyl (C=O) groups is 2. The molecule has 0 bridgehead atoms. The summed E-state index contributed by atoms with van der Waals surface area (Å²) in [7, 11) is 2.80. The Morgan fingerprint density at radius 1 is 0.903 bits per heavy atom. The van der Waals surface area contributed by atoms with Crippen LogP contribution in [0.15, 0.2) is 72.8 Å². The van der Waals surface area contributed by atoms with E-state index in [4.69, 9.17) is 9.47 Å². The highest BCUT2D eigenvalue weighted by molar-refractivity contribution is 6.07. The number of hydrogen-bond donors (Lipinski definition) is 1. The molecule has 3 aromatic carbocycles. The Labute approximate surface area is 177 Å². The normalized spacial score (nSPS) is 17.6. The highest BCUT2D eigenvalue weighted by Gasteiger charge is 2.65. The summed E-state index contributed by atoms with van der Waals surface area (Å²) < 4.78 is 42.9. The fraction of sp³-hybridized carbons (Fsp3) is 0.167. The van der Waals surface area contributed by atoms with E-state index in [0.717, 1.165) is 0 Å². The lowest BCUT2D eigenvalue weighted by atomic mass is 9.75. The van der Waals surface area contributed by atoms with E-state index in [1.807, 2.05) is 0 Å². The number of methoxy groups -OCH3 is 2. The fourth-order valence-corrected chi connectivity index (χ4v) is 3.98. The minimum absolute atomic E-state index is 0.00210. The first kappa shape index (κ1) is 20.5. The Kier molecular flexibility index (Phi) is 4.97. The number of amides is 1. The van der Waals surface area contributed by atoms with Gasteiger partial charge in [0.1, 0.15) is 0 Å². The molecule has 31 heavy (non-hydrogen) atoms. The molecule has 1 aliphatic heterocycles. The van der Waals surface area contributed by atoms with E-state index < -0.39 is 23.2 Å². The van der Waals surface area contributed by atoms with Gasteiger partial charge in [0.25, 0.3) is 5.91 Å². The Morgan fingerprint density at radius 2 is 1.55 bits per heavy atom. The molecule has 4 rings (SSSR count). The topological polar surface area (TPSA) is 64.6 Å². The smallest absolute Gasteiger partial charge is 0.340 e. The summed E-state index contributed by atoms with van der Waals surface area (Å²) in [5.74, 6) is -5.58. The maximum atomic E-state index is 16.2.